The molecule has 0 radical (unpaired) electrons. The van der Waals surface area contributed by atoms with Crippen molar-refractivity contribution in [3.63, 3.8) is 0 Å². The summed E-state index contributed by atoms with van der Waals surface area (Å²) in [5, 5.41) is 3.44. The van der Waals surface area contributed by atoms with Gasteiger partial charge in [-0.15, -0.1) is 0 Å². The van der Waals surface area contributed by atoms with E-state index in [2.05, 4.69) is 25.3 Å². The molecular weight excluding hydrogens is 288 g/mol. The quantitative estimate of drug-likeness (QED) is 0.919. The third kappa shape index (κ3) is 3.91. The molecule has 1 aliphatic rings. The first kappa shape index (κ1) is 14.3. The van der Waals surface area contributed by atoms with Crippen LogP contribution < -0.4 is 5.32 Å². The first-order chi connectivity index (χ1) is 10.3. The van der Waals surface area contributed by atoms with Gasteiger partial charge < -0.3 is 5.32 Å². The summed E-state index contributed by atoms with van der Waals surface area (Å²) in [6, 6.07) is 0. The molecular formula is C14H19ClN6. The lowest BCUT2D eigenvalue weighted by atomic mass is 9.87. The van der Waals surface area contributed by atoms with Crippen LogP contribution in [-0.4, -0.2) is 31.0 Å². The van der Waals surface area contributed by atoms with Crippen LogP contribution in [-0.2, 0) is 0 Å². The average molecular weight is 307 g/mol. The largest absolute Gasteiger partial charge is 0.354 e. The molecule has 1 N–H and O–H groups in total. The second-order valence-corrected chi connectivity index (χ2v) is 5.76. The second kappa shape index (κ2) is 6.85. The Morgan fingerprint density at radius 1 is 1.19 bits per heavy atom. The number of halogens is 1. The predicted molar refractivity (Wildman–Crippen MR) is 81.6 cm³/mol. The fourth-order valence-electron chi connectivity index (χ4n) is 2.78. The lowest BCUT2D eigenvalue weighted by Crippen LogP contribution is -2.14. The van der Waals surface area contributed by atoms with E-state index < -0.39 is 0 Å². The molecule has 0 spiro atoms. The van der Waals surface area contributed by atoms with Gasteiger partial charge in [-0.3, -0.25) is 4.57 Å². The summed E-state index contributed by atoms with van der Waals surface area (Å²) >= 11 is 5.96. The highest BCUT2D eigenvalue weighted by Gasteiger charge is 2.13. The summed E-state index contributed by atoms with van der Waals surface area (Å²) in [4.78, 5) is 16.6. The molecule has 0 unspecified atom stereocenters. The van der Waals surface area contributed by atoms with Gasteiger partial charge in [-0.05, 0) is 23.9 Å². The highest BCUT2D eigenvalue weighted by molar-refractivity contribution is 6.28. The molecule has 112 valence electrons. The molecule has 0 bridgehead atoms. The van der Waals surface area contributed by atoms with Crippen LogP contribution in [0.2, 0.25) is 5.28 Å². The lowest BCUT2D eigenvalue weighted by molar-refractivity contribution is 0.345. The minimum atomic E-state index is 0.189. The standard InChI is InChI=1S/C14H19ClN6/c15-12-18-13(17-7-6-11-4-2-1-3-5-11)20-14(19-12)21-9-8-16-10-21/h8-11H,1-7H2,(H,17,18,19,20). The molecule has 0 amide bonds. The van der Waals surface area contributed by atoms with Crippen molar-refractivity contribution in [1.82, 2.24) is 24.5 Å². The average Bonchev–Trinajstić information content (AvgIpc) is 3.02. The highest BCUT2D eigenvalue weighted by atomic mass is 35.5. The van der Waals surface area contributed by atoms with Gasteiger partial charge in [0.2, 0.25) is 17.2 Å². The number of imidazole rings is 1. The highest BCUT2D eigenvalue weighted by Crippen LogP contribution is 2.26. The molecule has 21 heavy (non-hydrogen) atoms. The minimum absolute atomic E-state index is 0.189. The lowest BCUT2D eigenvalue weighted by Gasteiger charge is -2.21. The van der Waals surface area contributed by atoms with Crippen LogP contribution in [0.3, 0.4) is 0 Å². The monoisotopic (exact) mass is 306 g/mol. The Kier molecular flexibility index (Phi) is 4.65. The van der Waals surface area contributed by atoms with Crippen LogP contribution in [0, 0.1) is 5.92 Å². The maximum Gasteiger partial charge on any atom is 0.241 e. The summed E-state index contributed by atoms with van der Waals surface area (Å²) in [7, 11) is 0. The van der Waals surface area contributed by atoms with Crippen molar-refractivity contribution in [3.8, 4) is 5.95 Å². The Balaban J connectivity index is 1.60. The summed E-state index contributed by atoms with van der Waals surface area (Å²) in [5.74, 6) is 1.83. The van der Waals surface area contributed by atoms with Gasteiger partial charge in [0.1, 0.15) is 6.33 Å². The Hall–Kier alpha value is -1.69. The van der Waals surface area contributed by atoms with E-state index in [1.807, 2.05) is 0 Å². The van der Waals surface area contributed by atoms with E-state index >= 15 is 0 Å². The first-order valence-corrected chi connectivity index (χ1v) is 7.83. The molecule has 3 rings (SSSR count). The van der Waals surface area contributed by atoms with Gasteiger partial charge in [0.15, 0.2) is 0 Å². The van der Waals surface area contributed by atoms with E-state index in [-0.39, 0.29) is 5.28 Å². The van der Waals surface area contributed by atoms with Crippen molar-refractivity contribution < 1.29 is 0 Å². The third-order valence-corrected chi connectivity index (χ3v) is 4.06. The van der Waals surface area contributed by atoms with Crippen molar-refractivity contribution in [2.45, 2.75) is 38.5 Å². The fraction of sp³-hybridized carbons (Fsp3) is 0.571. The first-order valence-electron chi connectivity index (χ1n) is 7.45. The fourth-order valence-corrected chi connectivity index (χ4v) is 2.93. The van der Waals surface area contributed by atoms with Crippen molar-refractivity contribution in [3.05, 3.63) is 24.0 Å². The predicted octanol–water partition coefficient (Wildman–Crippen LogP) is 3.09. The van der Waals surface area contributed by atoms with Crippen LogP contribution >= 0.6 is 11.6 Å². The van der Waals surface area contributed by atoms with Crippen molar-refractivity contribution in [2.75, 3.05) is 11.9 Å². The number of hydrogen-bond acceptors (Lipinski definition) is 5. The van der Waals surface area contributed by atoms with E-state index in [0.29, 0.717) is 11.9 Å². The molecule has 2 aromatic rings. The van der Waals surface area contributed by atoms with Gasteiger partial charge in [0.05, 0.1) is 0 Å². The number of hydrogen-bond donors (Lipinski definition) is 1. The van der Waals surface area contributed by atoms with Crippen LogP contribution in [0.1, 0.15) is 38.5 Å². The van der Waals surface area contributed by atoms with Crippen LogP contribution in [0.15, 0.2) is 18.7 Å². The molecule has 2 aromatic heterocycles. The molecule has 2 heterocycles. The van der Waals surface area contributed by atoms with E-state index in [9.17, 15) is 0 Å². The van der Waals surface area contributed by atoms with E-state index in [0.717, 1.165) is 18.9 Å². The second-order valence-electron chi connectivity index (χ2n) is 5.42. The summed E-state index contributed by atoms with van der Waals surface area (Å²) in [6.07, 6.45) is 13.1. The van der Waals surface area contributed by atoms with Crippen molar-refractivity contribution in [1.29, 1.82) is 0 Å². The maximum absolute atomic E-state index is 5.96. The van der Waals surface area contributed by atoms with Gasteiger partial charge in [-0.25, -0.2) is 4.98 Å². The SMILES string of the molecule is Clc1nc(NCCC2CCCCC2)nc(-n2ccnc2)n1. The van der Waals surface area contributed by atoms with Gasteiger partial charge in [-0.1, -0.05) is 32.1 Å². The van der Waals surface area contributed by atoms with Gasteiger partial charge in [-0.2, -0.15) is 15.0 Å². The molecule has 1 aliphatic carbocycles. The number of aromatic nitrogens is 5. The van der Waals surface area contributed by atoms with Gasteiger partial charge in [0.25, 0.3) is 0 Å². The van der Waals surface area contributed by atoms with Gasteiger partial charge in [0, 0.05) is 18.9 Å². The molecule has 1 saturated carbocycles. The molecule has 0 aliphatic heterocycles. The maximum atomic E-state index is 5.96. The molecule has 1 fully saturated rings. The normalized spacial score (nSPS) is 16.0. The van der Waals surface area contributed by atoms with Crippen LogP contribution in [0.4, 0.5) is 5.95 Å². The smallest absolute Gasteiger partial charge is 0.241 e. The summed E-state index contributed by atoms with van der Waals surface area (Å²) < 4.78 is 1.71. The van der Waals surface area contributed by atoms with Gasteiger partial charge >= 0.3 is 0 Å². The molecule has 0 aromatic carbocycles. The van der Waals surface area contributed by atoms with Crippen LogP contribution in [0.5, 0.6) is 0 Å². The number of rotatable bonds is 5. The van der Waals surface area contributed by atoms with Crippen LogP contribution in [0.25, 0.3) is 5.95 Å². The minimum Gasteiger partial charge on any atom is -0.354 e. The zero-order chi connectivity index (χ0) is 14.5. The van der Waals surface area contributed by atoms with E-state index in [1.165, 1.54) is 32.1 Å². The summed E-state index contributed by atoms with van der Waals surface area (Å²) in [5.41, 5.74) is 0. The Morgan fingerprint density at radius 3 is 2.81 bits per heavy atom. The summed E-state index contributed by atoms with van der Waals surface area (Å²) in [6.45, 7) is 0.869. The topological polar surface area (TPSA) is 68.5 Å². The molecule has 0 atom stereocenters. The van der Waals surface area contributed by atoms with E-state index in [1.54, 1.807) is 23.3 Å². The van der Waals surface area contributed by atoms with Crippen molar-refractivity contribution in [2.24, 2.45) is 5.92 Å². The Labute approximate surface area is 129 Å². The molecule has 6 nitrogen and oxygen atoms in total. The zero-order valence-corrected chi connectivity index (χ0v) is 12.6. The van der Waals surface area contributed by atoms with Crippen molar-refractivity contribution >= 4 is 17.5 Å². The third-order valence-electron chi connectivity index (χ3n) is 3.89. The Morgan fingerprint density at radius 2 is 2.05 bits per heavy atom. The Bertz CT molecular complexity index is 565. The number of nitrogens with zero attached hydrogens (tertiary/aromatic N) is 5. The number of anilines is 1. The molecule has 7 heteroatoms. The molecule has 0 saturated heterocycles. The van der Waals surface area contributed by atoms with E-state index in [4.69, 9.17) is 11.6 Å². The zero-order valence-electron chi connectivity index (χ0n) is 11.9. The number of nitrogens with one attached hydrogen (secondary N) is 1.